The highest BCUT2D eigenvalue weighted by atomic mass is 16.3. The number of hydrogen-bond donors (Lipinski definition) is 2. The molecule has 0 fully saturated rings. The van der Waals surface area contributed by atoms with Crippen LogP contribution in [0.15, 0.2) is 12.3 Å². The van der Waals surface area contributed by atoms with Crippen molar-refractivity contribution < 1.29 is 5.11 Å². The summed E-state index contributed by atoms with van der Waals surface area (Å²) in [6, 6.07) is 1.63. The second-order valence-electron chi connectivity index (χ2n) is 1.85. The molecule has 0 aromatic carbocycles. The van der Waals surface area contributed by atoms with E-state index in [1.165, 1.54) is 4.68 Å². The molecule has 0 aliphatic heterocycles. The highest BCUT2D eigenvalue weighted by Crippen LogP contribution is 2.01. The van der Waals surface area contributed by atoms with Crippen LogP contribution in [0.3, 0.4) is 0 Å². The maximum absolute atomic E-state index is 8.88. The van der Waals surface area contributed by atoms with Gasteiger partial charge in [0, 0.05) is 12.3 Å². The van der Waals surface area contributed by atoms with Gasteiger partial charge in [0.25, 0.3) is 0 Å². The van der Waals surface area contributed by atoms with Crippen molar-refractivity contribution in [1.29, 1.82) is 0 Å². The molecule has 0 radical (unpaired) electrons. The number of nitrogen functional groups attached to an aromatic ring is 1. The average Bonchev–Trinajstić information content (AvgIpc) is 2.14. The van der Waals surface area contributed by atoms with Crippen LogP contribution in [0.5, 0.6) is 0 Å². The highest BCUT2D eigenvalue weighted by Gasteiger charge is 1.97. The van der Waals surface area contributed by atoms with Gasteiger partial charge >= 0.3 is 0 Å². The Morgan fingerprint density at radius 3 is 2.78 bits per heavy atom. The van der Waals surface area contributed by atoms with Crippen molar-refractivity contribution >= 4 is 5.82 Å². The van der Waals surface area contributed by atoms with Gasteiger partial charge < -0.3 is 10.8 Å². The molecular formula is C5H9N3O. The molecular weight excluding hydrogens is 118 g/mol. The van der Waals surface area contributed by atoms with Crippen LogP contribution in [0.1, 0.15) is 13.2 Å². The molecule has 0 spiro atoms. The van der Waals surface area contributed by atoms with Crippen LogP contribution in [0.2, 0.25) is 0 Å². The van der Waals surface area contributed by atoms with Crippen molar-refractivity contribution in [3.63, 3.8) is 0 Å². The molecule has 4 heteroatoms. The Bertz CT molecular complexity index is 194. The first-order chi connectivity index (χ1) is 4.20. The maximum atomic E-state index is 8.88. The van der Waals surface area contributed by atoms with E-state index in [4.69, 9.17) is 10.8 Å². The van der Waals surface area contributed by atoms with Crippen LogP contribution in [0.25, 0.3) is 0 Å². The number of aliphatic hydroxyl groups is 1. The first-order valence-corrected chi connectivity index (χ1v) is 2.69. The standard InChI is InChI=1S/C5H9N3O/c1-4(9)8-3-2-5(6)7-8/h2-4,9H,1H3,(H2,6,7). The number of aliphatic hydroxyl groups excluding tert-OH is 1. The van der Waals surface area contributed by atoms with E-state index in [1.54, 1.807) is 19.2 Å². The number of anilines is 1. The van der Waals surface area contributed by atoms with E-state index in [9.17, 15) is 0 Å². The van der Waals surface area contributed by atoms with Gasteiger partial charge in [-0.3, -0.25) is 0 Å². The molecule has 0 amide bonds. The molecule has 0 saturated heterocycles. The molecule has 1 atom stereocenters. The Morgan fingerprint density at radius 2 is 2.56 bits per heavy atom. The monoisotopic (exact) mass is 127 g/mol. The maximum Gasteiger partial charge on any atom is 0.145 e. The van der Waals surface area contributed by atoms with Crippen molar-refractivity contribution in [2.45, 2.75) is 13.2 Å². The molecule has 0 aliphatic carbocycles. The van der Waals surface area contributed by atoms with Crippen LogP contribution in [0, 0.1) is 0 Å². The SMILES string of the molecule is CC(O)n1ccc(N)n1. The van der Waals surface area contributed by atoms with Gasteiger partial charge in [-0.2, -0.15) is 5.10 Å². The summed E-state index contributed by atoms with van der Waals surface area (Å²) in [4.78, 5) is 0. The number of nitrogens with two attached hydrogens (primary N) is 1. The molecule has 1 aromatic heterocycles. The fourth-order valence-electron chi connectivity index (χ4n) is 0.561. The molecule has 1 rings (SSSR count). The van der Waals surface area contributed by atoms with Crippen LogP contribution >= 0.6 is 0 Å². The molecule has 1 unspecified atom stereocenters. The molecule has 4 nitrogen and oxygen atoms in total. The van der Waals surface area contributed by atoms with Crippen molar-refractivity contribution in [3.8, 4) is 0 Å². The van der Waals surface area contributed by atoms with Crippen molar-refractivity contribution in [2.75, 3.05) is 5.73 Å². The number of nitrogens with zero attached hydrogens (tertiary/aromatic N) is 2. The molecule has 50 valence electrons. The van der Waals surface area contributed by atoms with Crippen molar-refractivity contribution in [3.05, 3.63) is 12.3 Å². The van der Waals surface area contributed by atoms with Gasteiger partial charge in [-0.1, -0.05) is 0 Å². The average molecular weight is 127 g/mol. The summed E-state index contributed by atoms with van der Waals surface area (Å²) in [6.07, 6.45) is 1.03. The zero-order valence-corrected chi connectivity index (χ0v) is 5.15. The summed E-state index contributed by atoms with van der Waals surface area (Å²) >= 11 is 0. The summed E-state index contributed by atoms with van der Waals surface area (Å²) in [5.41, 5.74) is 5.27. The Hall–Kier alpha value is -1.03. The topological polar surface area (TPSA) is 64.1 Å². The minimum atomic E-state index is -0.595. The number of hydrogen-bond acceptors (Lipinski definition) is 3. The van der Waals surface area contributed by atoms with Gasteiger partial charge in [-0.25, -0.2) is 4.68 Å². The zero-order valence-electron chi connectivity index (χ0n) is 5.15. The van der Waals surface area contributed by atoms with Gasteiger partial charge in [-0.15, -0.1) is 0 Å². The minimum Gasteiger partial charge on any atom is -0.382 e. The lowest BCUT2D eigenvalue weighted by molar-refractivity contribution is 0.111. The summed E-state index contributed by atoms with van der Waals surface area (Å²) in [6.45, 7) is 1.62. The minimum absolute atomic E-state index is 0.427. The second-order valence-corrected chi connectivity index (χ2v) is 1.85. The molecule has 1 aromatic rings. The molecule has 1 heterocycles. The summed E-state index contributed by atoms with van der Waals surface area (Å²) in [5.74, 6) is 0.427. The zero-order chi connectivity index (χ0) is 6.85. The van der Waals surface area contributed by atoms with E-state index in [-0.39, 0.29) is 0 Å². The lowest BCUT2D eigenvalue weighted by Crippen LogP contribution is -2.04. The molecule has 9 heavy (non-hydrogen) atoms. The van der Waals surface area contributed by atoms with Crippen LogP contribution in [-0.4, -0.2) is 14.9 Å². The summed E-state index contributed by atoms with van der Waals surface area (Å²) in [7, 11) is 0. The fourth-order valence-corrected chi connectivity index (χ4v) is 0.561. The van der Waals surface area contributed by atoms with Crippen molar-refractivity contribution in [1.82, 2.24) is 9.78 Å². The predicted octanol–water partition coefficient (Wildman–Crippen LogP) is -0.0239. The third-order valence-corrected chi connectivity index (χ3v) is 1.01. The van der Waals surface area contributed by atoms with E-state index in [1.807, 2.05) is 0 Å². The second kappa shape index (κ2) is 2.06. The molecule has 0 bridgehead atoms. The number of rotatable bonds is 1. The first-order valence-electron chi connectivity index (χ1n) is 2.69. The van der Waals surface area contributed by atoms with Gasteiger partial charge in [0.1, 0.15) is 12.0 Å². The lowest BCUT2D eigenvalue weighted by atomic mass is 10.6. The fraction of sp³-hybridized carbons (Fsp3) is 0.400. The van der Waals surface area contributed by atoms with Gasteiger partial charge in [-0.05, 0) is 6.92 Å². The Morgan fingerprint density at radius 1 is 1.89 bits per heavy atom. The van der Waals surface area contributed by atoms with E-state index in [2.05, 4.69) is 5.10 Å². The summed E-state index contributed by atoms with van der Waals surface area (Å²) < 4.78 is 1.38. The van der Waals surface area contributed by atoms with E-state index in [0.29, 0.717) is 5.82 Å². The van der Waals surface area contributed by atoms with E-state index >= 15 is 0 Å². The normalized spacial score (nSPS) is 13.6. The predicted molar refractivity (Wildman–Crippen MR) is 33.6 cm³/mol. The first kappa shape index (κ1) is 6.10. The van der Waals surface area contributed by atoms with E-state index in [0.717, 1.165) is 0 Å². The third kappa shape index (κ3) is 1.20. The van der Waals surface area contributed by atoms with Gasteiger partial charge in [0.15, 0.2) is 0 Å². The Kier molecular flexibility index (Phi) is 1.40. The van der Waals surface area contributed by atoms with Crippen molar-refractivity contribution in [2.24, 2.45) is 0 Å². The van der Waals surface area contributed by atoms with Crippen LogP contribution in [0.4, 0.5) is 5.82 Å². The Labute approximate surface area is 52.9 Å². The van der Waals surface area contributed by atoms with Gasteiger partial charge in [0.05, 0.1) is 0 Å². The molecule has 3 N–H and O–H groups in total. The van der Waals surface area contributed by atoms with E-state index < -0.39 is 6.23 Å². The lowest BCUT2D eigenvalue weighted by Gasteiger charge is -2.01. The quantitative estimate of drug-likeness (QED) is 0.557. The molecule has 0 aliphatic rings. The summed E-state index contributed by atoms with van der Waals surface area (Å²) in [5, 5.41) is 12.6. The van der Waals surface area contributed by atoms with Crippen LogP contribution < -0.4 is 5.73 Å². The number of aromatic nitrogens is 2. The third-order valence-electron chi connectivity index (χ3n) is 1.01. The van der Waals surface area contributed by atoms with Gasteiger partial charge in [0.2, 0.25) is 0 Å². The largest absolute Gasteiger partial charge is 0.382 e. The van der Waals surface area contributed by atoms with Crippen LogP contribution in [-0.2, 0) is 0 Å². The Balaban J connectivity index is 2.85. The molecule has 0 saturated carbocycles. The smallest absolute Gasteiger partial charge is 0.145 e. The highest BCUT2D eigenvalue weighted by molar-refractivity contribution is 5.23.